The molecule has 0 fully saturated rings. The fourth-order valence-corrected chi connectivity index (χ4v) is 9.10. The predicted octanol–water partition coefficient (Wildman–Crippen LogP) is 10.6. The number of fused-ring (bicyclic) bond motifs is 4. The average Bonchev–Trinajstić information content (AvgIpc) is 3.18. The van der Waals surface area contributed by atoms with Crippen LogP contribution in [-0.4, -0.2) is 6.71 Å². The zero-order valence-electron chi connectivity index (χ0n) is 28.9. The maximum Gasteiger partial charge on any atom is 0.249 e. The van der Waals surface area contributed by atoms with Gasteiger partial charge in [0.05, 0.1) is 11.3 Å². The van der Waals surface area contributed by atoms with Crippen molar-refractivity contribution in [2.24, 2.45) is 0 Å². The zero-order valence-corrected chi connectivity index (χ0v) is 29.7. The molecule has 7 aromatic rings. The molecule has 2 aliphatic heterocycles. The molecule has 0 saturated heterocycles. The second-order valence-electron chi connectivity index (χ2n) is 14.5. The van der Waals surface area contributed by atoms with Crippen LogP contribution in [0.2, 0.25) is 0 Å². The van der Waals surface area contributed by atoms with Crippen molar-refractivity contribution in [2.45, 2.75) is 36.0 Å². The average molecular weight is 671 g/mol. The minimum absolute atomic E-state index is 0.0842. The topological polar surface area (TPSA) is 27.0 Å². The number of anilines is 3. The lowest BCUT2D eigenvalue weighted by atomic mass is 9.34. The third kappa shape index (κ3) is 5.28. The second kappa shape index (κ2) is 12.2. The lowest BCUT2D eigenvalue weighted by Crippen LogP contribution is -2.60. The Labute approximate surface area is 305 Å². The van der Waals surface area contributed by atoms with Gasteiger partial charge in [-0.15, -0.1) is 0 Å². The summed E-state index contributed by atoms with van der Waals surface area (Å²) in [5, 5.41) is 11.0. The van der Waals surface area contributed by atoms with Gasteiger partial charge < -0.3 is 4.90 Å². The van der Waals surface area contributed by atoms with Crippen LogP contribution < -0.4 is 21.3 Å². The van der Waals surface area contributed by atoms with Gasteiger partial charge in [0.15, 0.2) is 0 Å². The normalized spacial score (nSPS) is 12.8. The molecule has 0 aromatic heterocycles. The number of rotatable bonds is 4. The van der Waals surface area contributed by atoms with Crippen LogP contribution in [-0.2, 0) is 5.41 Å². The van der Waals surface area contributed by atoms with Crippen molar-refractivity contribution in [1.82, 2.24) is 0 Å². The molecule has 4 heteroatoms. The van der Waals surface area contributed by atoms with Crippen molar-refractivity contribution < 1.29 is 0 Å². The predicted molar refractivity (Wildman–Crippen MR) is 216 cm³/mol. The van der Waals surface area contributed by atoms with Gasteiger partial charge in [-0.05, 0) is 91.7 Å². The molecule has 0 saturated carbocycles. The van der Waals surface area contributed by atoms with Gasteiger partial charge in [-0.2, -0.15) is 5.26 Å². The van der Waals surface area contributed by atoms with Crippen LogP contribution in [0, 0.1) is 11.3 Å². The van der Waals surface area contributed by atoms with Crippen molar-refractivity contribution in [3.8, 4) is 39.4 Å². The molecule has 0 unspecified atom stereocenters. The van der Waals surface area contributed by atoms with Crippen molar-refractivity contribution in [2.75, 3.05) is 4.90 Å². The van der Waals surface area contributed by atoms with E-state index in [0.29, 0.717) is 5.56 Å². The molecule has 0 aliphatic carbocycles. The fraction of sp³-hybridized carbons (Fsp3) is 0.0851. The molecule has 0 amide bonds. The molecule has 51 heavy (non-hydrogen) atoms. The molecular weight excluding hydrogens is 635 g/mol. The van der Waals surface area contributed by atoms with Gasteiger partial charge in [0.25, 0.3) is 0 Å². The Kier molecular flexibility index (Phi) is 7.49. The number of nitrogens with zero attached hydrogens (tertiary/aromatic N) is 2. The first kappa shape index (κ1) is 31.2. The highest BCUT2D eigenvalue weighted by Crippen LogP contribution is 2.47. The smallest absolute Gasteiger partial charge is 0.249 e. The highest BCUT2D eigenvalue weighted by Gasteiger charge is 2.44. The van der Waals surface area contributed by atoms with Gasteiger partial charge in [-0.1, -0.05) is 159 Å². The number of hydrogen-bond donors (Lipinski definition) is 0. The fourth-order valence-electron chi connectivity index (χ4n) is 7.78. The number of hydrogen-bond acceptors (Lipinski definition) is 3. The van der Waals surface area contributed by atoms with Crippen LogP contribution in [0.25, 0.3) is 33.4 Å². The van der Waals surface area contributed by atoms with E-state index >= 15 is 0 Å². The standard InChI is InChI=1S/C47H35BN2S/c1-47(2,3)37-28-42-44-43(29-37)51-46-39(33-20-12-6-13-21-33)25-35(32-18-10-5-11-19-32)27-41(46)48(44)40-26-34(31-16-8-4-9-17-31)24-36(30-49)45(40)50(42)38-22-14-7-15-23-38/h4-29H,1-3H3. The molecule has 9 rings (SSSR count). The Balaban J connectivity index is 1.43. The Bertz CT molecular complexity index is 2480. The SMILES string of the molecule is CC(C)(C)c1cc2c3c(c1)N(c1ccccc1)c1c(C#N)cc(-c4ccccc4)cc1B3c1cc(-c3ccccc3)cc(-c3ccccc3)c1S2. The van der Waals surface area contributed by atoms with Crippen molar-refractivity contribution >= 4 is 51.9 Å². The Morgan fingerprint density at radius 1 is 0.588 bits per heavy atom. The van der Waals surface area contributed by atoms with Gasteiger partial charge in [-0.25, -0.2) is 0 Å². The first-order valence-corrected chi connectivity index (χ1v) is 18.3. The molecule has 2 nitrogen and oxygen atoms in total. The molecule has 0 N–H and O–H groups in total. The molecule has 2 heterocycles. The van der Waals surface area contributed by atoms with E-state index in [4.69, 9.17) is 0 Å². The summed E-state index contributed by atoms with van der Waals surface area (Å²) in [6, 6.07) is 59.3. The van der Waals surface area contributed by atoms with Crippen molar-refractivity contribution in [3.63, 3.8) is 0 Å². The van der Waals surface area contributed by atoms with E-state index < -0.39 is 0 Å². The first-order chi connectivity index (χ1) is 24.9. The summed E-state index contributed by atoms with van der Waals surface area (Å²) in [5.74, 6) is 0. The lowest BCUT2D eigenvalue weighted by molar-refractivity contribution is 0.589. The van der Waals surface area contributed by atoms with Crippen LogP contribution in [0.3, 0.4) is 0 Å². The second-order valence-corrected chi connectivity index (χ2v) is 15.5. The summed E-state index contributed by atoms with van der Waals surface area (Å²) in [5.41, 5.74) is 15.7. The quantitative estimate of drug-likeness (QED) is 0.174. The third-order valence-corrected chi connectivity index (χ3v) is 11.5. The van der Waals surface area contributed by atoms with Crippen LogP contribution in [0.4, 0.5) is 17.1 Å². The maximum atomic E-state index is 11.0. The van der Waals surface area contributed by atoms with E-state index in [0.717, 1.165) is 33.7 Å². The Morgan fingerprint density at radius 3 is 1.73 bits per heavy atom. The highest BCUT2D eigenvalue weighted by atomic mass is 32.2. The monoisotopic (exact) mass is 670 g/mol. The van der Waals surface area contributed by atoms with Crippen LogP contribution in [0.1, 0.15) is 31.9 Å². The summed E-state index contributed by atoms with van der Waals surface area (Å²) >= 11 is 1.90. The van der Waals surface area contributed by atoms with Gasteiger partial charge >= 0.3 is 0 Å². The van der Waals surface area contributed by atoms with Gasteiger partial charge in [0.1, 0.15) is 6.07 Å². The van der Waals surface area contributed by atoms with Gasteiger partial charge in [0, 0.05) is 21.2 Å². The first-order valence-electron chi connectivity index (χ1n) is 17.5. The van der Waals surface area contributed by atoms with E-state index in [1.54, 1.807) is 0 Å². The lowest BCUT2D eigenvalue weighted by Gasteiger charge is -2.42. The summed E-state index contributed by atoms with van der Waals surface area (Å²) in [6.45, 7) is 6.78. The van der Waals surface area contributed by atoms with E-state index in [2.05, 4.69) is 183 Å². The van der Waals surface area contributed by atoms with Gasteiger partial charge in [-0.3, -0.25) is 0 Å². The molecular formula is C47H35BN2S. The summed E-state index contributed by atoms with van der Waals surface area (Å²) in [6.07, 6.45) is 0. The molecule has 7 aromatic carbocycles. The Hall–Kier alpha value is -5.76. The molecule has 0 atom stereocenters. The molecule has 242 valence electrons. The minimum atomic E-state index is -0.0860. The van der Waals surface area contributed by atoms with E-state index in [1.165, 1.54) is 48.5 Å². The zero-order chi connectivity index (χ0) is 34.7. The number of nitriles is 1. The largest absolute Gasteiger partial charge is 0.310 e. The van der Waals surface area contributed by atoms with E-state index in [9.17, 15) is 5.26 Å². The van der Waals surface area contributed by atoms with E-state index in [-0.39, 0.29) is 12.1 Å². The van der Waals surface area contributed by atoms with E-state index in [1.807, 2.05) is 17.8 Å². The number of para-hydroxylation sites is 1. The molecule has 0 radical (unpaired) electrons. The highest BCUT2D eigenvalue weighted by molar-refractivity contribution is 8.00. The minimum Gasteiger partial charge on any atom is -0.310 e. The number of benzene rings is 7. The summed E-state index contributed by atoms with van der Waals surface area (Å²) < 4.78 is 0. The van der Waals surface area contributed by atoms with Crippen molar-refractivity contribution in [1.29, 1.82) is 5.26 Å². The summed E-state index contributed by atoms with van der Waals surface area (Å²) in [4.78, 5) is 4.91. The maximum absolute atomic E-state index is 11.0. The third-order valence-electron chi connectivity index (χ3n) is 10.3. The van der Waals surface area contributed by atoms with Crippen LogP contribution in [0.5, 0.6) is 0 Å². The van der Waals surface area contributed by atoms with Crippen LogP contribution in [0.15, 0.2) is 168 Å². The van der Waals surface area contributed by atoms with Crippen molar-refractivity contribution in [3.05, 3.63) is 169 Å². The molecule has 0 spiro atoms. The molecule has 2 aliphatic rings. The van der Waals surface area contributed by atoms with Crippen LogP contribution >= 0.6 is 11.8 Å². The Morgan fingerprint density at radius 2 is 1.14 bits per heavy atom. The summed E-state index contributed by atoms with van der Waals surface area (Å²) in [7, 11) is 0. The molecule has 0 bridgehead atoms. The van der Waals surface area contributed by atoms with Gasteiger partial charge in [0.2, 0.25) is 6.71 Å².